The van der Waals surface area contributed by atoms with Gasteiger partial charge in [0, 0.05) is 24.0 Å². The summed E-state index contributed by atoms with van der Waals surface area (Å²) in [4.78, 5) is 8.83. The molecular formula is C15H10N2. The number of benzene rings is 1. The van der Waals surface area contributed by atoms with Crippen LogP contribution >= 0.6 is 0 Å². The summed E-state index contributed by atoms with van der Waals surface area (Å²) in [7, 11) is 0. The lowest BCUT2D eigenvalue weighted by molar-refractivity contribution is 1.17. The van der Waals surface area contributed by atoms with Crippen LogP contribution in [0.4, 0.5) is 0 Å². The van der Waals surface area contributed by atoms with E-state index in [2.05, 4.69) is 40.3 Å². The summed E-state index contributed by atoms with van der Waals surface area (Å²) in [6.07, 6.45) is 6.87. The van der Waals surface area contributed by atoms with Gasteiger partial charge in [-0.2, -0.15) is 0 Å². The van der Waals surface area contributed by atoms with Crippen molar-refractivity contribution >= 4 is 11.6 Å². The summed E-state index contributed by atoms with van der Waals surface area (Å²) in [5, 5.41) is 2.37. The second kappa shape index (κ2) is 3.14. The highest BCUT2D eigenvalue weighted by Crippen LogP contribution is 2.29. The molecule has 2 aliphatic rings. The van der Waals surface area contributed by atoms with Crippen molar-refractivity contribution in [3.05, 3.63) is 70.1 Å². The van der Waals surface area contributed by atoms with Gasteiger partial charge in [0.05, 0.1) is 11.1 Å². The minimum Gasteiger partial charge on any atom is -0.264 e. The Hall–Kier alpha value is -2.22. The number of hydrogen-bond acceptors (Lipinski definition) is 2. The van der Waals surface area contributed by atoms with Gasteiger partial charge in [0.1, 0.15) is 0 Å². The van der Waals surface area contributed by atoms with Gasteiger partial charge in [-0.15, -0.1) is 0 Å². The molecule has 80 valence electrons. The van der Waals surface area contributed by atoms with E-state index >= 15 is 0 Å². The van der Waals surface area contributed by atoms with E-state index in [0.29, 0.717) is 0 Å². The number of hydrogen-bond donors (Lipinski definition) is 0. The first kappa shape index (κ1) is 8.88. The number of aromatic nitrogens is 1. The predicted octanol–water partition coefficient (Wildman–Crippen LogP) is 1.46. The summed E-state index contributed by atoms with van der Waals surface area (Å²) in [5.74, 6) is 0. The van der Waals surface area contributed by atoms with Crippen LogP contribution in [0.15, 0.2) is 53.4 Å². The molecule has 4 rings (SSSR count). The molecule has 1 aliphatic heterocycles. The second-order valence-corrected chi connectivity index (χ2v) is 4.39. The smallest absolute Gasteiger partial charge is 0.0713 e. The van der Waals surface area contributed by atoms with E-state index in [4.69, 9.17) is 0 Å². The molecule has 1 aromatic heterocycles. The van der Waals surface area contributed by atoms with Crippen molar-refractivity contribution in [2.24, 2.45) is 4.99 Å². The van der Waals surface area contributed by atoms with E-state index in [1.807, 2.05) is 18.5 Å². The summed E-state index contributed by atoms with van der Waals surface area (Å²) in [5.41, 5.74) is 4.99. The average molecular weight is 218 g/mol. The molecule has 17 heavy (non-hydrogen) atoms. The summed E-state index contributed by atoms with van der Waals surface area (Å²) in [6.45, 7) is 0. The zero-order valence-corrected chi connectivity index (χ0v) is 9.22. The summed E-state index contributed by atoms with van der Waals surface area (Å²) in [6, 6.07) is 10.4. The zero-order chi connectivity index (χ0) is 11.2. The van der Waals surface area contributed by atoms with Crippen LogP contribution in [0.2, 0.25) is 0 Å². The van der Waals surface area contributed by atoms with Gasteiger partial charge >= 0.3 is 0 Å². The highest BCUT2D eigenvalue weighted by Gasteiger charge is 2.18. The summed E-state index contributed by atoms with van der Waals surface area (Å²) >= 11 is 0. The maximum atomic E-state index is 4.67. The normalized spacial score (nSPS) is 15.5. The first-order valence-electron chi connectivity index (χ1n) is 5.74. The highest BCUT2D eigenvalue weighted by molar-refractivity contribution is 5.81. The minimum atomic E-state index is 0.962. The standard InChI is InChI=1S/C15H10N2/c1-2-4-14-12(3-1)13-7-10-5-6-16-9-11(10)8-15(13)17-14/h1-6,8-9H,7H2. The molecule has 0 N–H and O–H groups in total. The van der Waals surface area contributed by atoms with E-state index < -0.39 is 0 Å². The van der Waals surface area contributed by atoms with Crippen molar-refractivity contribution in [1.29, 1.82) is 0 Å². The van der Waals surface area contributed by atoms with E-state index in [-0.39, 0.29) is 0 Å². The van der Waals surface area contributed by atoms with Crippen molar-refractivity contribution in [2.45, 2.75) is 6.42 Å². The maximum absolute atomic E-state index is 4.67. The van der Waals surface area contributed by atoms with Crippen LogP contribution in [0, 0.1) is 0 Å². The Balaban J connectivity index is 2.07. The SMILES string of the molecule is C1=C2N=c3ccccc3=C2Cc2ccncc21. The van der Waals surface area contributed by atoms with Gasteiger partial charge in [-0.05, 0) is 34.9 Å². The predicted molar refractivity (Wildman–Crippen MR) is 66.5 cm³/mol. The van der Waals surface area contributed by atoms with Crippen molar-refractivity contribution < 1.29 is 0 Å². The molecule has 0 amide bonds. The summed E-state index contributed by atoms with van der Waals surface area (Å²) < 4.78 is 0. The largest absolute Gasteiger partial charge is 0.264 e. The number of fused-ring (bicyclic) bond motifs is 3. The molecule has 0 bridgehead atoms. The molecule has 0 atom stereocenters. The van der Waals surface area contributed by atoms with Crippen LogP contribution in [-0.2, 0) is 6.42 Å². The molecule has 2 heteroatoms. The quantitative estimate of drug-likeness (QED) is 0.657. The fraction of sp³-hybridized carbons (Fsp3) is 0.0667. The molecule has 0 radical (unpaired) electrons. The molecule has 0 saturated carbocycles. The van der Waals surface area contributed by atoms with Crippen LogP contribution in [-0.4, -0.2) is 4.98 Å². The molecule has 2 aromatic rings. The first-order valence-corrected chi connectivity index (χ1v) is 5.74. The third kappa shape index (κ3) is 1.21. The Kier molecular flexibility index (Phi) is 1.64. The molecule has 2 heterocycles. The third-order valence-electron chi connectivity index (χ3n) is 3.38. The number of para-hydroxylation sites is 1. The van der Waals surface area contributed by atoms with Crippen LogP contribution < -0.4 is 10.6 Å². The van der Waals surface area contributed by atoms with Gasteiger partial charge < -0.3 is 0 Å². The molecule has 0 fully saturated rings. The Bertz CT molecular complexity index is 770. The topological polar surface area (TPSA) is 25.2 Å². The van der Waals surface area contributed by atoms with Gasteiger partial charge in [0.2, 0.25) is 0 Å². The van der Waals surface area contributed by atoms with E-state index in [1.165, 1.54) is 21.9 Å². The Morgan fingerprint density at radius 3 is 3.00 bits per heavy atom. The average Bonchev–Trinajstić information content (AvgIpc) is 2.73. The first-order chi connectivity index (χ1) is 8.42. The highest BCUT2D eigenvalue weighted by atomic mass is 14.8. The van der Waals surface area contributed by atoms with Gasteiger partial charge in [-0.3, -0.25) is 4.98 Å². The number of pyridine rings is 1. The lowest BCUT2D eigenvalue weighted by Gasteiger charge is -2.13. The van der Waals surface area contributed by atoms with Crippen LogP contribution in [0.5, 0.6) is 0 Å². The lowest BCUT2D eigenvalue weighted by Crippen LogP contribution is -2.22. The van der Waals surface area contributed by atoms with Crippen molar-refractivity contribution in [2.75, 3.05) is 0 Å². The van der Waals surface area contributed by atoms with Crippen molar-refractivity contribution in [3.8, 4) is 0 Å². The minimum absolute atomic E-state index is 0.962. The van der Waals surface area contributed by atoms with Crippen LogP contribution in [0.25, 0.3) is 11.6 Å². The van der Waals surface area contributed by atoms with E-state index in [0.717, 1.165) is 17.5 Å². The van der Waals surface area contributed by atoms with Crippen molar-refractivity contribution in [3.63, 3.8) is 0 Å². The number of rotatable bonds is 0. The van der Waals surface area contributed by atoms with Gasteiger partial charge in [0.15, 0.2) is 0 Å². The zero-order valence-electron chi connectivity index (χ0n) is 9.22. The van der Waals surface area contributed by atoms with Gasteiger partial charge in [-0.25, -0.2) is 4.99 Å². The number of allylic oxidation sites excluding steroid dienone is 1. The fourth-order valence-corrected chi connectivity index (χ4v) is 2.53. The monoisotopic (exact) mass is 218 g/mol. The van der Waals surface area contributed by atoms with Gasteiger partial charge in [-0.1, -0.05) is 18.2 Å². The lowest BCUT2D eigenvalue weighted by atomic mass is 9.93. The third-order valence-corrected chi connectivity index (χ3v) is 3.38. The van der Waals surface area contributed by atoms with E-state index in [1.54, 1.807) is 0 Å². The van der Waals surface area contributed by atoms with E-state index in [9.17, 15) is 0 Å². The Labute approximate surface area is 98.7 Å². The fourth-order valence-electron chi connectivity index (χ4n) is 2.53. The Morgan fingerprint density at radius 1 is 1.06 bits per heavy atom. The molecule has 0 saturated heterocycles. The molecule has 0 unspecified atom stereocenters. The molecule has 1 aliphatic carbocycles. The number of nitrogens with zero attached hydrogens (tertiary/aromatic N) is 2. The van der Waals surface area contributed by atoms with Crippen molar-refractivity contribution in [1.82, 2.24) is 4.98 Å². The molecule has 1 aromatic carbocycles. The maximum Gasteiger partial charge on any atom is 0.0713 e. The second-order valence-electron chi connectivity index (χ2n) is 4.39. The molecule has 2 nitrogen and oxygen atoms in total. The molecule has 0 spiro atoms. The molecular weight excluding hydrogens is 208 g/mol. The van der Waals surface area contributed by atoms with Gasteiger partial charge in [0.25, 0.3) is 0 Å². The van der Waals surface area contributed by atoms with Crippen LogP contribution in [0.1, 0.15) is 11.1 Å². The van der Waals surface area contributed by atoms with Crippen LogP contribution in [0.3, 0.4) is 0 Å². The Morgan fingerprint density at radius 2 is 2.00 bits per heavy atom.